The van der Waals surface area contributed by atoms with Gasteiger partial charge in [0.15, 0.2) is 0 Å². The standard InChI is InChI=1S/C15H23N3O3S2/c1-16-23(20,21)11-13-6-4-8-18(13)10-15(19)17-12-5-3-7-14(9-12)22-2/h3,5,7,9,13,16H,4,6,8,10-11H2,1-2H3,(H,17,19). The van der Waals surface area contributed by atoms with Crippen LogP contribution in [0.1, 0.15) is 12.8 Å². The van der Waals surface area contributed by atoms with Gasteiger partial charge in [0.2, 0.25) is 15.9 Å². The van der Waals surface area contributed by atoms with Gasteiger partial charge in [-0.15, -0.1) is 11.8 Å². The Hall–Kier alpha value is -1.09. The lowest BCUT2D eigenvalue weighted by atomic mass is 10.2. The lowest BCUT2D eigenvalue weighted by Crippen LogP contribution is -2.42. The van der Waals surface area contributed by atoms with Crippen LogP contribution in [0.25, 0.3) is 0 Å². The van der Waals surface area contributed by atoms with Crippen LogP contribution in [0.3, 0.4) is 0 Å². The second-order valence-electron chi connectivity index (χ2n) is 5.53. The van der Waals surface area contributed by atoms with Crippen LogP contribution in [0.5, 0.6) is 0 Å². The molecule has 0 bridgehead atoms. The molecule has 6 nitrogen and oxygen atoms in total. The van der Waals surface area contributed by atoms with Gasteiger partial charge in [0, 0.05) is 16.6 Å². The summed E-state index contributed by atoms with van der Waals surface area (Å²) in [6, 6.07) is 7.56. The molecule has 1 aromatic rings. The second-order valence-corrected chi connectivity index (χ2v) is 8.38. The maximum Gasteiger partial charge on any atom is 0.238 e. The van der Waals surface area contributed by atoms with Crippen molar-refractivity contribution in [2.75, 3.05) is 37.5 Å². The highest BCUT2D eigenvalue weighted by Crippen LogP contribution is 2.20. The molecule has 1 saturated heterocycles. The molecule has 0 radical (unpaired) electrons. The van der Waals surface area contributed by atoms with Gasteiger partial charge < -0.3 is 5.32 Å². The van der Waals surface area contributed by atoms with Crippen molar-refractivity contribution in [1.82, 2.24) is 9.62 Å². The molecular formula is C15H23N3O3S2. The number of thioether (sulfide) groups is 1. The highest BCUT2D eigenvalue weighted by Gasteiger charge is 2.29. The largest absolute Gasteiger partial charge is 0.325 e. The van der Waals surface area contributed by atoms with E-state index in [1.54, 1.807) is 11.8 Å². The van der Waals surface area contributed by atoms with Gasteiger partial charge in [-0.05, 0) is 50.9 Å². The maximum absolute atomic E-state index is 12.2. The molecule has 0 spiro atoms. The van der Waals surface area contributed by atoms with Gasteiger partial charge in [0.05, 0.1) is 12.3 Å². The van der Waals surface area contributed by atoms with Gasteiger partial charge in [-0.1, -0.05) is 6.07 Å². The van der Waals surface area contributed by atoms with E-state index in [1.165, 1.54) is 7.05 Å². The minimum absolute atomic E-state index is 0.0404. The van der Waals surface area contributed by atoms with E-state index in [4.69, 9.17) is 0 Å². The van der Waals surface area contributed by atoms with Crippen LogP contribution < -0.4 is 10.0 Å². The summed E-state index contributed by atoms with van der Waals surface area (Å²) in [6.45, 7) is 0.968. The lowest BCUT2D eigenvalue weighted by molar-refractivity contribution is -0.117. The Morgan fingerprint density at radius 3 is 2.91 bits per heavy atom. The molecule has 1 aromatic carbocycles. The van der Waals surface area contributed by atoms with E-state index >= 15 is 0 Å². The molecule has 128 valence electrons. The van der Waals surface area contributed by atoms with Crippen molar-refractivity contribution >= 4 is 33.4 Å². The van der Waals surface area contributed by atoms with E-state index in [1.807, 2.05) is 35.4 Å². The Morgan fingerprint density at radius 2 is 2.22 bits per heavy atom. The second kappa shape index (κ2) is 8.14. The quantitative estimate of drug-likeness (QED) is 0.721. The number of benzene rings is 1. The minimum Gasteiger partial charge on any atom is -0.325 e. The van der Waals surface area contributed by atoms with Crippen LogP contribution >= 0.6 is 11.8 Å². The van der Waals surface area contributed by atoms with E-state index in [9.17, 15) is 13.2 Å². The fraction of sp³-hybridized carbons (Fsp3) is 0.533. The third-order valence-corrected chi connectivity index (χ3v) is 6.09. The summed E-state index contributed by atoms with van der Waals surface area (Å²) in [6.07, 6.45) is 3.70. The molecule has 1 amide bonds. The number of nitrogens with one attached hydrogen (secondary N) is 2. The third kappa shape index (κ3) is 5.49. The smallest absolute Gasteiger partial charge is 0.238 e. The Kier molecular flexibility index (Phi) is 6.46. The molecule has 0 aliphatic carbocycles. The molecule has 1 atom stereocenters. The molecule has 1 aliphatic heterocycles. The van der Waals surface area contributed by atoms with Gasteiger partial charge in [0.25, 0.3) is 0 Å². The molecule has 1 heterocycles. The number of likely N-dealkylation sites (tertiary alicyclic amines) is 1. The molecule has 1 fully saturated rings. The summed E-state index contributed by atoms with van der Waals surface area (Å²) in [5, 5.41) is 2.88. The van der Waals surface area contributed by atoms with Crippen molar-refractivity contribution in [1.29, 1.82) is 0 Å². The fourth-order valence-electron chi connectivity index (χ4n) is 2.71. The first-order chi connectivity index (χ1) is 10.9. The Labute approximate surface area is 142 Å². The average molecular weight is 358 g/mol. The summed E-state index contributed by atoms with van der Waals surface area (Å²) < 4.78 is 25.8. The summed E-state index contributed by atoms with van der Waals surface area (Å²) >= 11 is 1.62. The topological polar surface area (TPSA) is 78.5 Å². The summed E-state index contributed by atoms with van der Waals surface area (Å²) in [5.41, 5.74) is 0.764. The van der Waals surface area contributed by atoms with Crippen LogP contribution in [0, 0.1) is 0 Å². The Balaban J connectivity index is 1.93. The van der Waals surface area contributed by atoms with Crippen LogP contribution in [0.4, 0.5) is 5.69 Å². The number of carbonyl (C=O) groups excluding carboxylic acids is 1. The van der Waals surface area contributed by atoms with Crippen molar-refractivity contribution in [2.24, 2.45) is 0 Å². The number of hydrogen-bond donors (Lipinski definition) is 2. The van der Waals surface area contributed by atoms with Crippen molar-refractivity contribution in [3.8, 4) is 0 Å². The van der Waals surface area contributed by atoms with Crippen LogP contribution in [0.2, 0.25) is 0 Å². The molecule has 2 N–H and O–H groups in total. The molecular weight excluding hydrogens is 334 g/mol. The first-order valence-corrected chi connectivity index (χ1v) is 10.4. The van der Waals surface area contributed by atoms with Crippen molar-refractivity contribution in [3.63, 3.8) is 0 Å². The number of nitrogens with zero attached hydrogens (tertiary/aromatic N) is 1. The molecule has 0 saturated carbocycles. The van der Waals surface area contributed by atoms with Crippen molar-refractivity contribution in [3.05, 3.63) is 24.3 Å². The number of carbonyl (C=O) groups is 1. The fourth-order valence-corrected chi connectivity index (χ4v) is 4.22. The van der Waals surface area contributed by atoms with E-state index in [-0.39, 0.29) is 24.2 Å². The lowest BCUT2D eigenvalue weighted by Gasteiger charge is -2.23. The molecule has 1 unspecified atom stereocenters. The molecule has 1 aliphatic rings. The Bertz CT molecular complexity index is 649. The SMILES string of the molecule is CNS(=O)(=O)CC1CCCN1CC(=O)Nc1cccc(SC)c1. The van der Waals surface area contributed by atoms with Gasteiger partial charge >= 0.3 is 0 Å². The van der Waals surface area contributed by atoms with Gasteiger partial charge in [-0.3, -0.25) is 9.69 Å². The monoisotopic (exact) mass is 357 g/mol. The van der Waals surface area contributed by atoms with E-state index in [2.05, 4.69) is 10.0 Å². The first-order valence-electron chi connectivity index (χ1n) is 7.52. The summed E-state index contributed by atoms with van der Waals surface area (Å²) in [5.74, 6) is -0.0735. The van der Waals surface area contributed by atoms with E-state index in [0.29, 0.717) is 0 Å². The van der Waals surface area contributed by atoms with Crippen molar-refractivity contribution < 1.29 is 13.2 Å². The normalized spacial score (nSPS) is 19.0. The van der Waals surface area contributed by atoms with Crippen LogP contribution in [-0.4, -0.2) is 57.4 Å². The number of amides is 1. The van der Waals surface area contributed by atoms with Gasteiger partial charge in [0.1, 0.15) is 0 Å². The maximum atomic E-state index is 12.2. The molecule has 2 rings (SSSR count). The highest BCUT2D eigenvalue weighted by atomic mass is 32.2. The molecule has 23 heavy (non-hydrogen) atoms. The van der Waals surface area contributed by atoms with Crippen LogP contribution in [-0.2, 0) is 14.8 Å². The van der Waals surface area contributed by atoms with Gasteiger partial charge in [-0.2, -0.15) is 0 Å². The number of sulfonamides is 1. The molecule has 8 heteroatoms. The first kappa shape index (κ1) is 18.3. The number of hydrogen-bond acceptors (Lipinski definition) is 5. The zero-order valence-corrected chi connectivity index (χ0v) is 15.0. The van der Waals surface area contributed by atoms with E-state index in [0.717, 1.165) is 30.0 Å². The summed E-state index contributed by atoms with van der Waals surface area (Å²) in [4.78, 5) is 15.3. The zero-order valence-electron chi connectivity index (χ0n) is 13.4. The highest BCUT2D eigenvalue weighted by molar-refractivity contribution is 7.98. The number of anilines is 1. The van der Waals surface area contributed by atoms with E-state index < -0.39 is 10.0 Å². The van der Waals surface area contributed by atoms with Gasteiger partial charge in [-0.25, -0.2) is 13.1 Å². The summed E-state index contributed by atoms with van der Waals surface area (Å²) in [7, 11) is -1.85. The van der Waals surface area contributed by atoms with Crippen molar-refractivity contribution in [2.45, 2.75) is 23.8 Å². The third-order valence-electron chi connectivity index (χ3n) is 3.92. The predicted octanol–water partition coefficient (Wildman–Crippen LogP) is 1.36. The zero-order chi connectivity index (χ0) is 16.9. The van der Waals surface area contributed by atoms with Crippen LogP contribution in [0.15, 0.2) is 29.2 Å². The molecule has 0 aromatic heterocycles. The minimum atomic E-state index is -3.27. The average Bonchev–Trinajstić information content (AvgIpc) is 2.93. The number of rotatable bonds is 7. The Morgan fingerprint density at radius 1 is 1.43 bits per heavy atom. The predicted molar refractivity (Wildman–Crippen MR) is 94.3 cm³/mol.